The van der Waals surface area contributed by atoms with Gasteiger partial charge in [0.25, 0.3) is 0 Å². The van der Waals surface area contributed by atoms with E-state index in [1.54, 1.807) is 11.3 Å². The van der Waals surface area contributed by atoms with Gasteiger partial charge in [0.2, 0.25) is 18.6 Å². The molecule has 6 nitrogen and oxygen atoms in total. The summed E-state index contributed by atoms with van der Waals surface area (Å²) in [5.41, 5.74) is 2.19. The summed E-state index contributed by atoms with van der Waals surface area (Å²) in [6.45, 7) is 4.21. The topological polar surface area (TPSA) is 59.1 Å². The van der Waals surface area contributed by atoms with Gasteiger partial charge in [-0.2, -0.15) is 0 Å². The van der Waals surface area contributed by atoms with Crippen molar-refractivity contribution in [3.8, 4) is 11.5 Å². The highest BCUT2D eigenvalue weighted by Crippen LogP contribution is 2.35. The van der Waals surface area contributed by atoms with Crippen molar-refractivity contribution in [1.29, 1.82) is 0 Å². The Morgan fingerprint density at radius 3 is 2.55 bits per heavy atom. The maximum absolute atomic E-state index is 13.5. The average molecular weight is 441 g/mol. The number of carbonyl (C=O) groups excluding carboxylic acids is 2. The minimum Gasteiger partial charge on any atom is -0.454 e. The van der Waals surface area contributed by atoms with Gasteiger partial charge in [0, 0.05) is 23.9 Å². The molecule has 0 atom stereocenters. The van der Waals surface area contributed by atoms with Crippen LogP contribution in [0.15, 0.2) is 29.6 Å². The highest BCUT2D eigenvalue weighted by molar-refractivity contribution is 7.10. The number of fused-ring (bicyclic) bond motifs is 1. The molecular formula is C24H28N2O4S. The van der Waals surface area contributed by atoms with E-state index in [1.807, 2.05) is 28.0 Å². The fraction of sp³-hybridized carbons (Fsp3) is 0.500. The van der Waals surface area contributed by atoms with Gasteiger partial charge in [0.1, 0.15) is 0 Å². The Balaban J connectivity index is 1.34. The number of hydrogen-bond donors (Lipinski definition) is 0. The Morgan fingerprint density at radius 1 is 1.03 bits per heavy atom. The number of hydrogen-bond acceptors (Lipinski definition) is 5. The molecule has 2 saturated carbocycles. The van der Waals surface area contributed by atoms with E-state index >= 15 is 0 Å². The van der Waals surface area contributed by atoms with Crippen LogP contribution in [0.1, 0.15) is 41.7 Å². The molecule has 0 radical (unpaired) electrons. The Labute approximate surface area is 186 Å². The lowest BCUT2D eigenvalue weighted by molar-refractivity contribution is -0.142. The zero-order chi connectivity index (χ0) is 21.4. The van der Waals surface area contributed by atoms with E-state index < -0.39 is 0 Å². The zero-order valence-electron chi connectivity index (χ0n) is 17.8. The molecule has 2 amide bonds. The highest BCUT2D eigenvalue weighted by atomic mass is 32.1. The number of rotatable bonds is 9. The maximum Gasteiger partial charge on any atom is 0.242 e. The molecule has 0 bridgehead atoms. The lowest BCUT2D eigenvalue weighted by Crippen LogP contribution is -2.43. The third-order valence-corrected chi connectivity index (χ3v) is 7.21. The molecule has 2 fully saturated rings. The SMILES string of the molecule is Cc1ccsc1CN(Cc1ccc2c(c1)OCO2)C(=O)CN(CC1CC1)C(=O)C1CC1. The van der Waals surface area contributed by atoms with Gasteiger partial charge in [0.15, 0.2) is 11.5 Å². The van der Waals surface area contributed by atoms with Crippen molar-refractivity contribution in [2.75, 3.05) is 19.9 Å². The molecule has 7 heteroatoms. The monoisotopic (exact) mass is 440 g/mol. The van der Waals surface area contributed by atoms with Crippen LogP contribution in [0, 0.1) is 18.8 Å². The fourth-order valence-corrected chi connectivity index (χ4v) is 4.85. The van der Waals surface area contributed by atoms with Gasteiger partial charge < -0.3 is 19.3 Å². The van der Waals surface area contributed by atoms with Gasteiger partial charge in [-0.1, -0.05) is 6.07 Å². The number of amides is 2. The molecule has 2 aromatic rings. The lowest BCUT2D eigenvalue weighted by atomic mass is 10.1. The number of nitrogens with zero attached hydrogens (tertiary/aromatic N) is 2. The van der Waals surface area contributed by atoms with Gasteiger partial charge in [-0.3, -0.25) is 9.59 Å². The van der Waals surface area contributed by atoms with Crippen molar-refractivity contribution in [3.05, 3.63) is 45.6 Å². The van der Waals surface area contributed by atoms with Gasteiger partial charge in [-0.05, 0) is 73.2 Å². The van der Waals surface area contributed by atoms with Crippen LogP contribution in [0.5, 0.6) is 11.5 Å². The molecule has 1 aromatic carbocycles. The molecule has 0 unspecified atom stereocenters. The molecule has 0 saturated heterocycles. The predicted octanol–water partition coefficient (Wildman–Crippen LogP) is 3.96. The quantitative estimate of drug-likeness (QED) is 0.592. The normalized spacial score (nSPS) is 16.9. The highest BCUT2D eigenvalue weighted by Gasteiger charge is 2.37. The summed E-state index contributed by atoms with van der Waals surface area (Å²) < 4.78 is 10.9. The molecular weight excluding hydrogens is 412 g/mol. The largest absolute Gasteiger partial charge is 0.454 e. The summed E-state index contributed by atoms with van der Waals surface area (Å²) in [4.78, 5) is 31.1. The summed E-state index contributed by atoms with van der Waals surface area (Å²) in [6, 6.07) is 7.90. The van der Waals surface area contributed by atoms with E-state index in [0.29, 0.717) is 19.0 Å². The van der Waals surface area contributed by atoms with E-state index in [1.165, 1.54) is 10.4 Å². The Morgan fingerprint density at radius 2 is 1.84 bits per heavy atom. The number of thiophene rings is 1. The van der Waals surface area contributed by atoms with Crippen LogP contribution >= 0.6 is 11.3 Å². The van der Waals surface area contributed by atoms with Gasteiger partial charge in [-0.25, -0.2) is 0 Å². The molecule has 31 heavy (non-hydrogen) atoms. The van der Waals surface area contributed by atoms with Gasteiger partial charge in [0.05, 0.1) is 13.1 Å². The first-order valence-corrected chi connectivity index (χ1v) is 11.9. The second-order valence-corrected chi connectivity index (χ2v) is 9.90. The molecule has 1 aliphatic heterocycles. The molecule has 1 aromatic heterocycles. The standard InChI is InChI=1S/C24H28N2O4S/c1-16-8-9-31-22(16)13-25(12-18-4-7-20-21(10-18)30-15-29-20)23(27)14-26(11-17-2-3-17)24(28)19-5-6-19/h4,7-10,17,19H,2-3,5-6,11-15H2,1H3. The molecule has 2 heterocycles. The van der Waals surface area contributed by atoms with E-state index in [9.17, 15) is 9.59 Å². The summed E-state index contributed by atoms with van der Waals surface area (Å²) in [7, 11) is 0. The van der Waals surface area contributed by atoms with Gasteiger partial charge in [-0.15, -0.1) is 11.3 Å². The third-order valence-electron chi connectivity index (χ3n) is 6.21. The van der Waals surface area contributed by atoms with Crippen molar-refractivity contribution in [2.24, 2.45) is 11.8 Å². The second kappa shape index (κ2) is 8.54. The van der Waals surface area contributed by atoms with Crippen molar-refractivity contribution in [3.63, 3.8) is 0 Å². The summed E-state index contributed by atoms with van der Waals surface area (Å²) >= 11 is 1.67. The third kappa shape index (κ3) is 4.87. The van der Waals surface area contributed by atoms with Crippen LogP contribution in [0.3, 0.4) is 0 Å². The van der Waals surface area contributed by atoms with Crippen LogP contribution in [0.4, 0.5) is 0 Å². The van der Waals surface area contributed by atoms with E-state index in [4.69, 9.17) is 9.47 Å². The number of ether oxygens (including phenoxy) is 2. The Kier molecular flexibility index (Phi) is 5.61. The van der Waals surface area contributed by atoms with Crippen LogP contribution < -0.4 is 9.47 Å². The first-order valence-electron chi connectivity index (χ1n) is 11.0. The maximum atomic E-state index is 13.5. The minimum absolute atomic E-state index is 0.000108. The summed E-state index contributed by atoms with van der Waals surface area (Å²) in [6.07, 6.45) is 4.25. The van der Waals surface area contributed by atoms with E-state index in [2.05, 4.69) is 18.4 Å². The first-order chi connectivity index (χ1) is 15.1. The molecule has 0 spiro atoms. The molecule has 2 aliphatic carbocycles. The number of carbonyl (C=O) groups is 2. The average Bonchev–Trinajstić information content (AvgIpc) is 3.68. The number of aryl methyl sites for hydroxylation is 1. The Hall–Kier alpha value is -2.54. The van der Waals surface area contributed by atoms with Crippen LogP contribution in [-0.2, 0) is 22.7 Å². The second-order valence-electron chi connectivity index (χ2n) is 8.90. The van der Waals surface area contributed by atoms with Crippen molar-refractivity contribution >= 4 is 23.2 Å². The molecule has 3 aliphatic rings. The minimum atomic E-state index is 0.000108. The summed E-state index contributed by atoms with van der Waals surface area (Å²) in [5.74, 6) is 2.32. The molecule has 5 rings (SSSR count). The molecule has 164 valence electrons. The van der Waals surface area contributed by atoms with Crippen LogP contribution in [0.25, 0.3) is 0 Å². The number of benzene rings is 1. The van der Waals surface area contributed by atoms with Crippen LogP contribution in [0.2, 0.25) is 0 Å². The Bertz CT molecular complexity index is 980. The zero-order valence-corrected chi connectivity index (χ0v) is 18.7. The van der Waals surface area contributed by atoms with Crippen LogP contribution in [-0.4, -0.2) is 41.5 Å². The smallest absolute Gasteiger partial charge is 0.242 e. The van der Waals surface area contributed by atoms with Crippen molar-refractivity contribution < 1.29 is 19.1 Å². The first kappa shape index (κ1) is 20.4. The summed E-state index contributed by atoms with van der Waals surface area (Å²) in [5, 5.41) is 2.06. The lowest BCUT2D eigenvalue weighted by Gasteiger charge is -2.28. The van der Waals surface area contributed by atoms with Crippen molar-refractivity contribution in [2.45, 2.75) is 45.7 Å². The van der Waals surface area contributed by atoms with E-state index in [-0.39, 0.29) is 31.1 Å². The predicted molar refractivity (Wildman–Crippen MR) is 118 cm³/mol. The van der Waals surface area contributed by atoms with E-state index in [0.717, 1.165) is 49.3 Å². The van der Waals surface area contributed by atoms with Crippen molar-refractivity contribution in [1.82, 2.24) is 9.80 Å². The van der Waals surface area contributed by atoms with Gasteiger partial charge >= 0.3 is 0 Å². The molecule has 0 N–H and O–H groups in total. The fourth-order valence-electron chi connectivity index (χ4n) is 3.93.